The lowest BCUT2D eigenvalue weighted by Gasteiger charge is -2.31. The van der Waals surface area contributed by atoms with Crippen LogP contribution in [0.25, 0.3) is 0 Å². The molecule has 0 spiro atoms. The van der Waals surface area contributed by atoms with Gasteiger partial charge in [0.2, 0.25) is 0 Å². The van der Waals surface area contributed by atoms with E-state index in [0.29, 0.717) is 29.4 Å². The lowest BCUT2D eigenvalue weighted by Crippen LogP contribution is -2.34. The molecule has 2 atom stereocenters. The Kier molecular flexibility index (Phi) is 6.25. The maximum Gasteiger partial charge on any atom is 0.324 e. The van der Waals surface area contributed by atoms with E-state index in [2.05, 4.69) is 15.0 Å². The van der Waals surface area contributed by atoms with Gasteiger partial charge in [-0.3, -0.25) is 0 Å². The Hall–Kier alpha value is -1.93. The van der Waals surface area contributed by atoms with Crippen molar-refractivity contribution < 1.29 is 17.7 Å². The van der Waals surface area contributed by atoms with Crippen molar-refractivity contribution in [3.63, 3.8) is 0 Å². The van der Waals surface area contributed by atoms with Gasteiger partial charge in [-0.05, 0) is 67.6 Å². The Labute approximate surface area is 190 Å². The van der Waals surface area contributed by atoms with Crippen molar-refractivity contribution in [2.45, 2.75) is 62.9 Å². The van der Waals surface area contributed by atoms with Crippen LogP contribution in [0, 0.1) is 17.8 Å². The smallest absolute Gasteiger partial charge is 0.324 e. The molecule has 0 N–H and O–H groups in total. The topological polar surface area (TPSA) is 85.5 Å². The Morgan fingerprint density at radius 3 is 2.53 bits per heavy atom. The van der Waals surface area contributed by atoms with E-state index < -0.39 is 9.84 Å². The summed E-state index contributed by atoms with van der Waals surface area (Å²) in [6.07, 6.45) is 7.27. The predicted molar refractivity (Wildman–Crippen MR) is 121 cm³/mol. The summed E-state index contributed by atoms with van der Waals surface area (Å²) in [6, 6.07) is 7.79. The molecule has 32 heavy (non-hydrogen) atoms. The zero-order valence-corrected chi connectivity index (χ0v) is 19.6. The van der Waals surface area contributed by atoms with Crippen LogP contribution in [-0.2, 0) is 21.2 Å². The van der Waals surface area contributed by atoms with E-state index in [-0.39, 0.29) is 5.75 Å². The first kappa shape index (κ1) is 21.9. The summed E-state index contributed by atoms with van der Waals surface area (Å²) < 4.78 is 35.3. The van der Waals surface area contributed by atoms with Gasteiger partial charge in [0.15, 0.2) is 15.7 Å². The average Bonchev–Trinajstić information content (AvgIpc) is 3.39. The Morgan fingerprint density at radius 2 is 1.88 bits per heavy atom. The third-order valence-electron chi connectivity index (χ3n) is 7.56. The first-order chi connectivity index (χ1) is 15.5. The number of benzene rings is 1. The number of hydrogen-bond donors (Lipinski definition) is 0. The standard InChI is InChI=1S/C24H33N3O4S/c1-2-32(28,29)21-8-6-17(7-9-21)15-30-16-20-14-22(20)18-10-12-27(13-11-18)24-25-23(26-31-24)19-4-3-5-19/h6-9,18-20,22H,2-5,10-16H2,1H3/t20-,22+/m0/s1. The van der Waals surface area contributed by atoms with Gasteiger partial charge in [-0.25, -0.2) is 8.42 Å². The van der Waals surface area contributed by atoms with Crippen LogP contribution in [0.1, 0.15) is 62.8 Å². The highest BCUT2D eigenvalue weighted by Gasteiger charge is 2.44. The minimum Gasteiger partial charge on any atom is -0.376 e. The lowest BCUT2D eigenvalue weighted by atomic mass is 9.85. The van der Waals surface area contributed by atoms with Gasteiger partial charge < -0.3 is 14.2 Å². The Bertz CT molecular complexity index is 1010. The number of hydrogen-bond acceptors (Lipinski definition) is 7. The van der Waals surface area contributed by atoms with Gasteiger partial charge in [0, 0.05) is 19.0 Å². The minimum atomic E-state index is -3.14. The third-order valence-corrected chi connectivity index (χ3v) is 9.31. The third kappa shape index (κ3) is 4.71. The Balaban J connectivity index is 1.03. The number of rotatable bonds is 9. The first-order valence-electron chi connectivity index (χ1n) is 12.0. The van der Waals surface area contributed by atoms with Crippen molar-refractivity contribution in [1.29, 1.82) is 0 Å². The van der Waals surface area contributed by atoms with Crippen LogP contribution in [0.3, 0.4) is 0 Å². The largest absolute Gasteiger partial charge is 0.376 e. The Morgan fingerprint density at radius 1 is 1.12 bits per heavy atom. The van der Waals surface area contributed by atoms with Crippen molar-refractivity contribution in [2.75, 3.05) is 30.3 Å². The summed E-state index contributed by atoms with van der Waals surface area (Å²) in [5.41, 5.74) is 1.02. The molecule has 5 rings (SSSR count). The van der Waals surface area contributed by atoms with Crippen LogP contribution in [-0.4, -0.2) is 44.0 Å². The van der Waals surface area contributed by atoms with E-state index in [9.17, 15) is 8.42 Å². The normalized spacial score (nSPS) is 24.5. The minimum absolute atomic E-state index is 0.126. The van der Waals surface area contributed by atoms with Crippen LogP contribution in [0.15, 0.2) is 33.7 Å². The molecule has 2 aromatic rings. The molecule has 1 aromatic carbocycles. The van der Waals surface area contributed by atoms with E-state index in [4.69, 9.17) is 9.26 Å². The summed E-state index contributed by atoms with van der Waals surface area (Å²) in [7, 11) is -3.14. The number of ether oxygens (including phenoxy) is 1. The second kappa shape index (κ2) is 9.14. The number of sulfone groups is 1. The van der Waals surface area contributed by atoms with E-state index >= 15 is 0 Å². The fourth-order valence-corrected chi connectivity index (χ4v) is 5.92. The van der Waals surface area contributed by atoms with E-state index in [0.717, 1.165) is 42.9 Å². The number of nitrogens with zero attached hydrogens (tertiary/aromatic N) is 3. The van der Waals surface area contributed by atoms with E-state index in [1.807, 2.05) is 12.1 Å². The van der Waals surface area contributed by atoms with Crippen molar-refractivity contribution in [3.05, 3.63) is 35.7 Å². The average molecular weight is 460 g/mol. The number of aromatic nitrogens is 2. The van der Waals surface area contributed by atoms with Gasteiger partial charge in [-0.2, -0.15) is 4.98 Å². The van der Waals surface area contributed by atoms with Crippen molar-refractivity contribution in [3.8, 4) is 0 Å². The fourth-order valence-electron chi connectivity index (χ4n) is 5.03. The molecule has 0 amide bonds. The van der Waals surface area contributed by atoms with Gasteiger partial charge >= 0.3 is 6.01 Å². The molecule has 1 aromatic heterocycles. The van der Waals surface area contributed by atoms with Crippen molar-refractivity contribution in [1.82, 2.24) is 10.1 Å². The second-order valence-electron chi connectivity index (χ2n) is 9.61. The molecule has 2 aliphatic carbocycles. The molecule has 8 heteroatoms. The van der Waals surface area contributed by atoms with Crippen LogP contribution in [0.4, 0.5) is 6.01 Å². The van der Waals surface area contributed by atoms with E-state index in [1.54, 1.807) is 19.1 Å². The monoisotopic (exact) mass is 459 g/mol. The zero-order chi connectivity index (χ0) is 22.1. The molecule has 1 saturated heterocycles. The molecular formula is C24H33N3O4S. The van der Waals surface area contributed by atoms with Gasteiger partial charge in [-0.1, -0.05) is 30.6 Å². The highest BCUT2D eigenvalue weighted by atomic mass is 32.2. The summed E-state index contributed by atoms with van der Waals surface area (Å²) in [5, 5.41) is 4.20. The summed E-state index contributed by atoms with van der Waals surface area (Å²) in [5.74, 6) is 3.71. The number of piperidine rings is 1. The summed E-state index contributed by atoms with van der Waals surface area (Å²) in [6.45, 7) is 4.98. The molecule has 2 heterocycles. The van der Waals surface area contributed by atoms with Crippen molar-refractivity contribution in [2.24, 2.45) is 17.8 Å². The molecule has 3 fully saturated rings. The molecule has 2 saturated carbocycles. The SMILES string of the molecule is CCS(=O)(=O)c1ccc(COC[C@@H]2C[C@@H]2C2CCN(c3nc(C4CCC4)no3)CC2)cc1. The van der Waals surface area contributed by atoms with Crippen molar-refractivity contribution >= 4 is 15.9 Å². The van der Waals surface area contributed by atoms with Gasteiger partial charge in [0.1, 0.15) is 0 Å². The maximum atomic E-state index is 11.9. The van der Waals surface area contributed by atoms with Crippen LogP contribution in [0.5, 0.6) is 0 Å². The van der Waals surface area contributed by atoms with Gasteiger partial charge in [-0.15, -0.1) is 0 Å². The molecule has 0 bridgehead atoms. The van der Waals surface area contributed by atoms with E-state index in [1.165, 1.54) is 38.5 Å². The van der Waals surface area contributed by atoms with Gasteiger partial charge in [0.25, 0.3) is 0 Å². The molecular weight excluding hydrogens is 426 g/mol. The highest BCUT2D eigenvalue weighted by molar-refractivity contribution is 7.91. The molecule has 174 valence electrons. The van der Waals surface area contributed by atoms with Gasteiger partial charge in [0.05, 0.1) is 23.9 Å². The molecule has 1 aliphatic heterocycles. The highest BCUT2D eigenvalue weighted by Crippen LogP contribution is 2.48. The molecule has 3 aliphatic rings. The quantitative estimate of drug-likeness (QED) is 0.555. The molecule has 0 unspecified atom stereocenters. The second-order valence-corrected chi connectivity index (χ2v) is 11.9. The van der Waals surface area contributed by atoms with Crippen LogP contribution < -0.4 is 4.90 Å². The number of anilines is 1. The van der Waals surface area contributed by atoms with Crippen LogP contribution >= 0.6 is 0 Å². The van der Waals surface area contributed by atoms with Crippen LogP contribution in [0.2, 0.25) is 0 Å². The first-order valence-corrected chi connectivity index (χ1v) is 13.7. The summed E-state index contributed by atoms with van der Waals surface area (Å²) >= 11 is 0. The molecule has 0 radical (unpaired) electrons. The molecule has 7 nitrogen and oxygen atoms in total. The zero-order valence-electron chi connectivity index (χ0n) is 18.8. The maximum absolute atomic E-state index is 11.9. The summed E-state index contributed by atoms with van der Waals surface area (Å²) in [4.78, 5) is 7.28. The predicted octanol–water partition coefficient (Wildman–Crippen LogP) is 4.20. The lowest BCUT2D eigenvalue weighted by molar-refractivity contribution is 0.104. The fraction of sp³-hybridized carbons (Fsp3) is 0.667.